The Morgan fingerprint density at radius 3 is 2.66 bits per heavy atom. The van der Waals surface area contributed by atoms with E-state index in [4.69, 9.17) is 4.74 Å². The summed E-state index contributed by atoms with van der Waals surface area (Å²) in [6.07, 6.45) is 0. The second kappa shape index (κ2) is 8.77. The van der Waals surface area contributed by atoms with Gasteiger partial charge in [-0.05, 0) is 48.7 Å². The van der Waals surface area contributed by atoms with E-state index in [1.165, 1.54) is 4.90 Å². The Labute approximate surface area is 170 Å². The summed E-state index contributed by atoms with van der Waals surface area (Å²) in [6, 6.07) is 12.2. The smallest absolute Gasteiger partial charge is 0.265 e. The second-order valence-corrected chi connectivity index (χ2v) is 7.42. The number of rotatable bonds is 6. The van der Waals surface area contributed by atoms with Crippen molar-refractivity contribution in [3.05, 3.63) is 53.6 Å². The van der Waals surface area contributed by atoms with Crippen LogP contribution in [0.5, 0.6) is 5.75 Å². The lowest BCUT2D eigenvalue weighted by atomic mass is 10.1. The van der Waals surface area contributed by atoms with E-state index in [0.29, 0.717) is 35.2 Å². The number of benzene rings is 2. The quantitative estimate of drug-likeness (QED) is 0.787. The van der Waals surface area contributed by atoms with Gasteiger partial charge in [0.25, 0.3) is 11.8 Å². The number of ether oxygens (including phenoxy) is 1. The monoisotopic (exact) mass is 395 g/mol. The van der Waals surface area contributed by atoms with Gasteiger partial charge in [0.2, 0.25) is 5.91 Å². The highest BCUT2D eigenvalue weighted by Crippen LogP contribution is 2.31. The summed E-state index contributed by atoms with van der Waals surface area (Å²) in [6.45, 7) is 6.28. The van der Waals surface area contributed by atoms with Gasteiger partial charge < -0.3 is 15.4 Å². The lowest BCUT2D eigenvalue weighted by Gasteiger charge is -2.28. The first kappa shape index (κ1) is 20.4. The predicted octanol–water partition coefficient (Wildman–Crippen LogP) is 2.74. The Hall–Kier alpha value is -3.35. The average Bonchev–Trinajstić information content (AvgIpc) is 2.69. The van der Waals surface area contributed by atoms with E-state index in [0.717, 1.165) is 5.56 Å². The molecule has 0 spiro atoms. The van der Waals surface area contributed by atoms with E-state index >= 15 is 0 Å². The van der Waals surface area contributed by atoms with Gasteiger partial charge in [-0.3, -0.25) is 19.3 Å². The first-order chi connectivity index (χ1) is 13.8. The number of anilines is 2. The maximum absolute atomic E-state index is 12.6. The van der Waals surface area contributed by atoms with Crippen molar-refractivity contribution in [2.75, 3.05) is 29.9 Å². The molecule has 0 saturated heterocycles. The molecule has 0 radical (unpaired) electrons. The molecule has 0 aliphatic carbocycles. The fraction of sp³-hybridized carbons (Fsp3) is 0.318. The molecule has 7 heteroatoms. The minimum absolute atomic E-state index is 0.0937. The highest BCUT2D eigenvalue weighted by Gasteiger charge is 2.27. The Morgan fingerprint density at radius 1 is 1.17 bits per heavy atom. The summed E-state index contributed by atoms with van der Waals surface area (Å²) in [4.78, 5) is 38.4. The first-order valence-corrected chi connectivity index (χ1v) is 9.56. The molecule has 152 valence electrons. The molecule has 0 bridgehead atoms. The van der Waals surface area contributed by atoms with Crippen molar-refractivity contribution in [1.82, 2.24) is 5.32 Å². The molecule has 2 aromatic rings. The lowest BCUT2D eigenvalue weighted by molar-refractivity contribution is -0.123. The zero-order valence-corrected chi connectivity index (χ0v) is 16.8. The molecule has 0 unspecified atom stereocenters. The van der Waals surface area contributed by atoms with Crippen molar-refractivity contribution in [3.8, 4) is 5.75 Å². The van der Waals surface area contributed by atoms with E-state index < -0.39 is 0 Å². The van der Waals surface area contributed by atoms with Crippen LogP contribution in [0, 0.1) is 12.8 Å². The van der Waals surface area contributed by atoms with Gasteiger partial charge in [0.1, 0.15) is 12.3 Å². The maximum atomic E-state index is 12.6. The van der Waals surface area contributed by atoms with Gasteiger partial charge in [-0.1, -0.05) is 26.0 Å². The molecule has 0 fully saturated rings. The lowest BCUT2D eigenvalue weighted by Crippen LogP contribution is -2.43. The van der Waals surface area contributed by atoms with Crippen molar-refractivity contribution in [2.24, 2.45) is 5.92 Å². The highest BCUT2D eigenvalue weighted by atomic mass is 16.5. The summed E-state index contributed by atoms with van der Waals surface area (Å²) in [5, 5.41) is 5.69. The van der Waals surface area contributed by atoms with Crippen molar-refractivity contribution >= 4 is 29.1 Å². The van der Waals surface area contributed by atoms with Gasteiger partial charge >= 0.3 is 0 Å². The number of amides is 3. The average molecular weight is 395 g/mol. The van der Waals surface area contributed by atoms with Gasteiger partial charge in [0.05, 0.1) is 5.69 Å². The largest absolute Gasteiger partial charge is 0.482 e. The molecular weight excluding hydrogens is 370 g/mol. The highest BCUT2D eigenvalue weighted by molar-refractivity contribution is 6.05. The van der Waals surface area contributed by atoms with Gasteiger partial charge in [-0.15, -0.1) is 0 Å². The van der Waals surface area contributed by atoms with Crippen LogP contribution in [-0.2, 0) is 9.59 Å². The number of nitrogens with zero attached hydrogens (tertiary/aromatic N) is 1. The summed E-state index contributed by atoms with van der Waals surface area (Å²) < 4.78 is 5.39. The number of aryl methyl sites for hydroxylation is 1. The van der Waals surface area contributed by atoms with Gasteiger partial charge in [0.15, 0.2) is 6.61 Å². The van der Waals surface area contributed by atoms with Crippen LogP contribution in [-0.4, -0.2) is 37.4 Å². The van der Waals surface area contributed by atoms with Crippen LogP contribution >= 0.6 is 0 Å². The van der Waals surface area contributed by atoms with E-state index in [9.17, 15) is 14.4 Å². The fourth-order valence-corrected chi connectivity index (χ4v) is 3.00. The summed E-state index contributed by atoms with van der Waals surface area (Å²) in [5.41, 5.74) is 2.49. The minimum Gasteiger partial charge on any atom is -0.482 e. The first-order valence-electron chi connectivity index (χ1n) is 9.56. The van der Waals surface area contributed by atoms with Crippen LogP contribution in [0.3, 0.4) is 0 Å². The summed E-state index contributed by atoms with van der Waals surface area (Å²) in [7, 11) is 0. The van der Waals surface area contributed by atoms with Gasteiger partial charge in [-0.25, -0.2) is 0 Å². The van der Waals surface area contributed by atoms with Crippen LogP contribution in [0.15, 0.2) is 42.5 Å². The third kappa shape index (κ3) is 4.93. The molecule has 2 aromatic carbocycles. The van der Waals surface area contributed by atoms with Crippen molar-refractivity contribution in [1.29, 1.82) is 0 Å². The predicted molar refractivity (Wildman–Crippen MR) is 111 cm³/mol. The second-order valence-electron chi connectivity index (χ2n) is 7.42. The number of fused-ring (bicyclic) bond motifs is 1. The molecule has 0 aromatic heterocycles. The SMILES string of the molecule is Cc1cc(C(=O)NCC(C)C)ccc1NC(=O)CN1C(=O)COc2ccccc21. The molecule has 7 nitrogen and oxygen atoms in total. The number of carbonyl (C=O) groups is 3. The Balaban J connectivity index is 1.67. The van der Waals surface area contributed by atoms with Crippen molar-refractivity contribution in [2.45, 2.75) is 20.8 Å². The Kier molecular flexibility index (Phi) is 6.16. The van der Waals surface area contributed by atoms with Crippen LogP contribution < -0.4 is 20.3 Å². The zero-order chi connectivity index (χ0) is 21.0. The minimum atomic E-state index is -0.324. The van der Waals surface area contributed by atoms with Crippen LogP contribution in [0.25, 0.3) is 0 Å². The standard InChI is InChI=1S/C22H25N3O4/c1-14(2)11-23-22(28)16-8-9-17(15(3)10-16)24-20(26)12-25-18-6-4-5-7-19(18)29-13-21(25)27/h4-10,14H,11-13H2,1-3H3,(H,23,28)(H,24,26). The normalized spacial score (nSPS) is 13.0. The molecule has 0 atom stereocenters. The molecule has 1 heterocycles. The number of carbonyl (C=O) groups excluding carboxylic acids is 3. The summed E-state index contributed by atoms with van der Waals surface area (Å²) >= 11 is 0. The summed E-state index contributed by atoms with van der Waals surface area (Å²) in [5.74, 6) is 0.206. The van der Waals surface area contributed by atoms with Gasteiger partial charge in [-0.2, -0.15) is 0 Å². The molecule has 0 saturated carbocycles. The number of hydrogen-bond acceptors (Lipinski definition) is 4. The third-order valence-electron chi connectivity index (χ3n) is 4.54. The number of para-hydroxylation sites is 2. The third-order valence-corrected chi connectivity index (χ3v) is 4.54. The van der Waals surface area contributed by atoms with E-state index in [-0.39, 0.29) is 30.9 Å². The Morgan fingerprint density at radius 2 is 1.93 bits per heavy atom. The topological polar surface area (TPSA) is 87.7 Å². The zero-order valence-electron chi connectivity index (χ0n) is 16.8. The molecule has 2 N–H and O–H groups in total. The molecule has 1 aliphatic rings. The van der Waals surface area contributed by atoms with Crippen LogP contribution in [0.1, 0.15) is 29.8 Å². The number of nitrogens with one attached hydrogen (secondary N) is 2. The van der Waals surface area contributed by atoms with E-state index in [2.05, 4.69) is 10.6 Å². The molecular formula is C22H25N3O4. The van der Waals surface area contributed by atoms with Crippen LogP contribution in [0.2, 0.25) is 0 Å². The van der Waals surface area contributed by atoms with Crippen LogP contribution in [0.4, 0.5) is 11.4 Å². The van der Waals surface area contributed by atoms with Crippen molar-refractivity contribution < 1.29 is 19.1 Å². The molecule has 3 rings (SSSR count). The van der Waals surface area contributed by atoms with Crippen molar-refractivity contribution in [3.63, 3.8) is 0 Å². The molecule has 1 aliphatic heterocycles. The van der Waals surface area contributed by atoms with E-state index in [1.807, 2.05) is 26.8 Å². The number of hydrogen-bond donors (Lipinski definition) is 2. The maximum Gasteiger partial charge on any atom is 0.265 e. The molecule has 3 amide bonds. The fourth-order valence-electron chi connectivity index (χ4n) is 3.00. The molecule has 29 heavy (non-hydrogen) atoms. The Bertz CT molecular complexity index is 939. The van der Waals surface area contributed by atoms with E-state index in [1.54, 1.807) is 36.4 Å². The van der Waals surface area contributed by atoms with Gasteiger partial charge in [0, 0.05) is 17.8 Å².